The number of pyridine rings is 1. The van der Waals surface area contributed by atoms with Crippen LogP contribution in [-0.4, -0.2) is 29.4 Å². The standard InChI is InChI=1S/C20H21N7/c21-20-19-16(17-8-10-24-26(17)15-6-2-1-3-7-15)11-18(27(19)25-13-23-20)14-5-4-9-22-12-14/h4-5,8-13,15H,1-3,6-7H2,(H2,21,23,25). The summed E-state index contributed by atoms with van der Waals surface area (Å²) in [5, 5.41) is 9.11. The summed E-state index contributed by atoms with van der Waals surface area (Å²) in [6, 6.07) is 8.56. The zero-order valence-electron chi connectivity index (χ0n) is 15.0. The molecule has 27 heavy (non-hydrogen) atoms. The van der Waals surface area contributed by atoms with Crippen LogP contribution in [0.2, 0.25) is 0 Å². The van der Waals surface area contributed by atoms with Gasteiger partial charge in [-0.05, 0) is 37.1 Å². The van der Waals surface area contributed by atoms with Gasteiger partial charge >= 0.3 is 0 Å². The van der Waals surface area contributed by atoms with E-state index in [1.54, 1.807) is 6.20 Å². The Hall–Kier alpha value is -3.22. The van der Waals surface area contributed by atoms with E-state index in [2.05, 4.69) is 37.0 Å². The van der Waals surface area contributed by atoms with Crippen LogP contribution < -0.4 is 5.73 Å². The van der Waals surface area contributed by atoms with Gasteiger partial charge in [0.15, 0.2) is 5.82 Å². The second kappa shape index (κ2) is 6.50. The Kier molecular flexibility index (Phi) is 3.85. The number of hydrogen-bond donors (Lipinski definition) is 1. The molecule has 7 heteroatoms. The minimum absolute atomic E-state index is 0.436. The predicted octanol–water partition coefficient (Wildman–Crippen LogP) is 3.74. The molecule has 1 aliphatic rings. The molecule has 5 rings (SSSR count). The summed E-state index contributed by atoms with van der Waals surface area (Å²) in [5.41, 5.74) is 11.1. The maximum absolute atomic E-state index is 6.27. The fourth-order valence-corrected chi connectivity index (χ4v) is 4.13. The molecule has 0 unspecified atom stereocenters. The van der Waals surface area contributed by atoms with E-state index >= 15 is 0 Å². The Morgan fingerprint density at radius 3 is 2.70 bits per heavy atom. The summed E-state index contributed by atoms with van der Waals surface area (Å²) in [4.78, 5) is 8.48. The number of nitrogen functional groups attached to an aromatic ring is 1. The van der Waals surface area contributed by atoms with Gasteiger partial charge in [0.1, 0.15) is 11.8 Å². The van der Waals surface area contributed by atoms with E-state index in [9.17, 15) is 0 Å². The van der Waals surface area contributed by atoms with Gasteiger partial charge in [0.2, 0.25) is 0 Å². The highest BCUT2D eigenvalue weighted by Gasteiger charge is 2.23. The van der Waals surface area contributed by atoms with Crippen molar-refractivity contribution in [3.8, 4) is 22.5 Å². The van der Waals surface area contributed by atoms with E-state index in [4.69, 9.17) is 5.73 Å². The molecule has 0 atom stereocenters. The van der Waals surface area contributed by atoms with Crippen molar-refractivity contribution in [2.45, 2.75) is 38.1 Å². The van der Waals surface area contributed by atoms with Gasteiger partial charge in [0, 0.05) is 29.7 Å². The fourth-order valence-electron chi connectivity index (χ4n) is 4.13. The summed E-state index contributed by atoms with van der Waals surface area (Å²) in [6.45, 7) is 0. The minimum atomic E-state index is 0.436. The van der Waals surface area contributed by atoms with Crippen molar-refractivity contribution in [1.82, 2.24) is 29.4 Å². The first-order chi connectivity index (χ1) is 13.3. The predicted molar refractivity (Wildman–Crippen MR) is 104 cm³/mol. The van der Waals surface area contributed by atoms with Crippen molar-refractivity contribution in [1.29, 1.82) is 0 Å². The highest BCUT2D eigenvalue weighted by atomic mass is 15.3. The summed E-state index contributed by atoms with van der Waals surface area (Å²) in [5.74, 6) is 0.464. The second-order valence-electron chi connectivity index (χ2n) is 7.04. The molecule has 1 fully saturated rings. The fraction of sp³-hybridized carbons (Fsp3) is 0.300. The zero-order valence-corrected chi connectivity index (χ0v) is 15.0. The van der Waals surface area contributed by atoms with Crippen molar-refractivity contribution in [2.75, 3.05) is 5.73 Å². The highest BCUT2D eigenvalue weighted by Crippen LogP contribution is 2.37. The zero-order chi connectivity index (χ0) is 18.2. The Morgan fingerprint density at radius 2 is 1.89 bits per heavy atom. The summed E-state index contributed by atoms with van der Waals surface area (Å²) < 4.78 is 4.01. The number of anilines is 1. The molecular weight excluding hydrogens is 338 g/mol. The van der Waals surface area contributed by atoms with Crippen LogP contribution in [0.25, 0.3) is 28.0 Å². The van der Waals surface area contributed by atoms with Gasteiger partial charge < -0.3 is 5.73 Å². The topological polar surface area (TPSA) is 86.9 Å². The van der Waals surface area contributed by atoms with Crippen molar-refractivity contribution < 1.29 is 0 Å². The molecule has 7 nitrogen and oxygen atoms in total. The van der Waals surface area contributed by atoms with Crippen LogP contribution >= 0.6 is 0 Å². The molecule has 4 heterocycles. The van der Waals surface area contributed by atoms with Gasteiger partial charge in [0.05, 0.1) is 17.4 Å². The van der Waals surface area contributed by atoms with E-state index in [0.717, 1.165) is 28.0 Å². The molecule has 1 saturated carbocycles. The first-order valence-corrected chi connectivity index (χ1v) is 9.39. The number of hydrogen-bond acceptors (Lipinski definition) is 5. The summed E-state index contributed by atoms with van der Waals surface area (Å²) >= 11 is 0. The number of rotatable bonds is 3. The Bertz CT molecular complexity index is 1070. The number of fused-ring (bicyclic) bond motifs is 1. The van der Waals surface area contributed by atoms with Gasteiger partial charge in [-0.1, -0.05) is 19.3 Å². The van der Waals surface area contributed by atoms with Crippen LogP contribution in [0.1, 0.15) is 38.1 Å². The maximum atomic E-state index is 6.27. The van der Waals surface area contributed by atoms with Crippen LogP contribution in [0.5, 0.6) is 0 Å². The number of aromatic nitrogens is 6. The van der Waals surface area contributed by atoms with Crippen molar-refractivity contribution in [2.24, 2.45) is 0 Å². The van der Waals surface area contributed by atoms with Gasteiger partial charge in [-0.3, -0.25) is 9.67 Å². The molecule has 136 valence electrons. The molecule has 1 aliphatic carbocycles. The molecule has 0 saturated heterocycles. The average molecular weight is 359 g/mol. The van der Waals surface area contributed by atoms with Crippen molar-refractivity contribution in [3.63, 3.8) is 0 Å². The van der Waals surface area contributed by atoms with Gasteiger partial charge in [-0.15, -0.1) is 0 Å². The van der Waals surface area contributed by atoms with Crippen molar-refractivity contribution in [3.05, 3.63) is 49.2 Å². The largest absolute Gasteiger partial charge is 0.382 e. The van der Waals surface area contributed by atoms with Gasteiger partial charge in [-0.25, -0.2) is 9.50 Å². The second-order valence-corrected chi connectivity index (χ2v) is 7.04. The molecule has 0 spiro atoms. The quantitative estimate of drug-likeness (QED) is 0.602. The summed E-state index contributed by atoms with van der Waals surface area (Å²) in [6.07, 6.45) is 13.1. The van der Waals surface area contributed by atoms with Gasteiger partial charge in [0.25, 0.3) is 0 Å². The lowest BCUT2D eigenvalue weighted by atomic mass is 9.95. The first-order valence-electron chi connectivity index (χ1n) is 9.39. The van der Waals surface area contributed by atoms with Crippen LogP contribution in [0, 0.1) is 0 Å². The lowest BCUT2D eigenvalue weighted by molar-refractivity contribution is 0.332. The smallest absolute Gasteiger partial charge is 0.152 e. The molecule has 0 amide bonds. The normalized spacial score (nSPS) is 15.4. The Labute approximate surface area is 156 Å². The Morgan fingerprint density at radius 1 is 1.00 bits per heavy atom. The highest BCUT2D eigenvalue weighted by molar-refractivity contribution is 5.90. The molecule has 0 aliphatic heterocycles. The molecule has 4 aromatic heterocycles. The molecule has 0 bridgehead atoms. The van der Waals surface area contributed by atoms with E-state index in [1.165, 1.54) is 38.4 Å². The lowest BCUT2D eigenvalue weighted by Gasteiger charge is -2.23. The monoisotopic (exact) mass is 359 g/mol. The van der Waals surface area contributed by atoms with E-state index in [-0.39, 0.29) is 0 Å². The van der Waals surface area contributed by atoms with Gasteiger partial charge in [-0.2, -0.15) is 10.2 Å². The molecule has 2 N–H and O–H groups in total. The van der Waals surface area contributed by atoms with Crippen molar-refractivity contribution >= 4 is 11.3 Å². The number of nitrogens with zero attached hydrogens (tertiary/aromatic N) is 6. The van der Waals surface area contributed by atoms with E-state index < -0.39 is 0 Å². The van der Waals surface area contributed by atoms with Crippen LogP contribution in [0.3, 0.4) is 0 Å². The third-order valence-electron chi connectivity index (χ3n) is 5.41. The van der Waals surface area contributed by atoms with E-state index in [1.807, 2.05) is 29.0 Å². The average Bonchev–Trinajstić information content (AvgIpc) is 3.35. The third-order valence-corrected chi connectivity index (χ3v) is 5.41. The Balaban J connectivity index is 1.72. The van der Waals surface area contributed by atoms with Crippen LogP contribution in [0.4, 0.5) is 5.82 Å². The lowest BCUT2D eigenvalue weighted by Crippen LogP contribution is -2.15. The molecule has 0 radical (unpaired) electrons. The third kappa shape index (κ3) is 2.66. The maximum Gasteiger partial charge on any atom is 0.152 e. The SMILES string of the molecule is Nc1ncnn2c(-c3cccnc3)cc(-c3ccnn3C3CCCCC3)c12. The van der Waals surface area contributed by atoms with E-state index in [0.29, 0.717) is 11.9 Å². The van der Waals surface area contributed by atoms with Crippen LogP contribution in [-0.2, 0) is 0 Å². The molecular formula is C20H21N7. The van der Waals surface area contributed by atoms with Crippen LogP contribution in [0.15, 0.2) is 49.2 Å². The first kappa shape index (κ1) is 16.0. The molecule has 0 aromatic carbocycles. The summed E-state index contributed by atoms with van der Waals surface area (Å²) in [7, 11) is 0. The molecule has 4 aromatic rings. The number of nitrogens with two attached hydrogens (primary N) is 1. The minimum Gasteiger partial charge on any atom is -0.382 e.